The van der Waals surface area contributed by atoms with Gasteiger partial charge in [-0.3, -0.25) is 14.5 Å². The van der Waals surface area contributed by atoms with Gasteiger partial charge in [0.05, 0.1) is 11.8 Å². The number of carboxylic acid groups (broad SMARTS) is 1. The van der Waals surface area contributed by atoms with Gasteiger partial charge in [0.2, 0.25) is 11.8 Å². The van der Waals surface area contributed by atoms with Crippen LogP contribution in [0.1, 0.15) is 26.7 Å². The number of nitrogens with zero attached hydrogens (tertiary/aromatic N) is 1. The Kier molecular flexibility index (Phi) is 2.81. The summed E-state index contributed by atoms with van der Waals surface area (Å²) in [7, 11) is 0. The van der Waals surface area contributed by atoms with Gasteiger partial charge in [0.1, 0.15) is 6.04 Å². The fourth-order valence-corrected chi connectivity index (χ4v) is 5.05. The number of carbonyl (C=O) groups excluding carboxylic acids is 2. The van der Waals surface area contributed by atoms with Crippen LogP contribution >= 0.6 is 0 Å². The highest BCUT2D eigenvalue weighted by Crippen LogP contribution is 2.65. The van der Waals surface area contributed by atoms with E-state index in [0.717, 1.165) is 11.3 Å². The average Bonchev–Trinajstić information content (AvgIpc) is 3.22. The third-order valence-corrected chi connectivity index (χ3v) is 5.99. The molecule has 0 spiro atoms. The van der Waals surface area contributed by atoms with Gasteiger partial charge in [-0.2, -0.15) is 0 Å². The van der Waals surface area contributed by atoms with Gasteiger partial charge in [-0.1, -0.05) is 26.0 Å². The van der Waals surface area contributed by atoms with Crippen molar-refractivity contribution < 1.29 is 19.5 Å². The van der Waals surface area contributed by atoms with Crippen molar-refractivity contribution in [2.45, 2.75) is 32.7 Å². The Labute approximate surface area is 129 Å². The number of carboxylic acids is 1. The first-order valence-electron chi connectivity index (χ1n) is 8.20. The zero-order valence-corrected chi connectivity index (χ0v) is 12.8. The predicted molar refractivity (Wildman–Crippen MR) is 77.4 cm³/mol. The molecule has 3 fully saturated rings. The van der Waals surface area contributed by atoms with Crippen molar-refractivity contribution in [1.82, 2.24) is 4.90 Å². The summed E-state index contributed by atoms with van der Waals surface area (Å²) in [6, 6.07) is -1.01. The maximum Gasteiger partial charge on any atom is 0.326 e. The minimum atomic E-state index is -1.07. The van der Waals surface area contributed by atoms with Gasteiger partial charge in [-0.05, 0) is 42.4 Å². The van der Waals surface area contributed by atoms with Crippen molar-refractivity contribution in [2.24, 2.45) is 41.4 Å². The molecule has 5 rings (SSSR count). The lowest BCUT2D eigenvalue weighted by molar-refractivity contribution is -0.155. The molecule has 0 aromatic heterocycles. The monoisotopic (exact) mass is 303 g/mol. The van der Waals surface area contributed by atoms with Crippen molar-refractivity contribution in [3.8, 4) is 0 Å². The van der Waals surface area contributed by atoms with Crippen molar-refractivity contribution in [3.05, 3.63) is 12.2 Å². The largest absolute Gasteiger partial charge is 0.480 e. The summed E-state index contributed by atoms with van der Waals surface area (Å²) in [5.74, 6) is -0.666. The number of amides is 2. The summed E-state index contributed by atoms with van der Waals surface area (Å²) in [5, 5.41) is 9.50. The van der Waals surface area contributed by atoms with E-state index in [1.165, 1.54) is 0 Å². The Bertz CT molecular complexity index is 559. The number of likely N-dealkylation sites (tertiary alicyclic amines) is 1. The molecule has 5 heteroatoms. The quantitative estimate of drug-likeness (QED) is 0.631. The maximum absolute atomic E-state index is 12.8. The summed E-state index contributed by atoms with van der Waals surface area (Å²) >= 11 is 0. The van der Waals surface area contributed by atoms with E-state index < -0.39 is 12.0 Å². The van der Waals surface area contributed by atoms with Crippen LogP contribution in [-0.4, -0.2) is 33.8 Å². The van der Waals surface area contributed by atoms with Crippen molar-refractivity contribution in [2.75, 3.05) is 0 Å². The van der Waals surface area contributed by atoms with Crippen molar-refractivity contribution in [3.63, 3.8) is 0 Å². The van der Waals surface area contributed by atoms with E-state index >= 15 is 0 Å². The van der Waals surface area contributed by atoms with Crippen LogP contribution in [0.4, 0.5) is 0 Å². The van der Waals surface area contributed by atoms with E-state index in [1.807, 2.05) is 13.8 Å². The molecule has 22 heavy (non-hydrogen) atoms. The normalized spacial score (nSPS) is 42.6. The Morgan fingerprint density at radius 1 is 1.18 bits per heavy atom. The molecule has 5 nitrogen and oxygen atoms in total. The Morgan fingerprint density at radius 3 is 2.09 bits per heavy atom. The average molecular weight is 303 g/mol. The fraction of sp³-hybridized carbons (Fsp3) is 0.706. The van der Waals surface area contributed by atoms with Gasteiger partial charge < -0.3 is 5.11 Å². The number of carbonyl (C=O) groups is 3. The molecule has 4 aliphatic carbocycles. The van der Waals surface area contributed by atoms with Crippen LogP contribution in [0.3, 0.4) is 0 Å². The third kappa shape index (κ3) is 1.68. The number of imide groups is 1. The Morgan fingerprint density at radius 2 is 1.68 bits per heavy atom. The molecule has 1 heterocycles. The van der Waals surface area contributed by atoms with Crippen LogP contribution in [0, 0.1) is 41.4 Å². The van der Waals surface area contributed by atoms with E-state index in [9.17, 15) is 19.5 Å². The second kappa shape index (κ2) is 4.43. The molecule has 0 radical (unpaired) electrons. The van der Waals surface area contributed by atoms with E-state index in [-0.39, 0.29) is 41.4 Å². The van der Waals surface area contributed by atoms with Crippen LogP contribution < -0.4 is 0 Å². The molecular formula is C17H21NO4. The molecule has 5 aliphatic rings. The van der Waals surface area contributed by atoms with Gasteiger partial charge in [0.15, 0.2) is 0 Å². The van der Waals surface area contributed by atoms with Gasteiger partial charge in [0.25, 0.3) is 0 Å². The topological polar surface area (TPSA) is 74.7 Å². The number of hydrogen-bond donors (Lipinski definition) is 1. The summed E-state index contributed by atoms with van der Waals surface area (Å²) in [6.45, 7) is 3.82. The van der Waals surface area contributed by atoms with E-state index in [1.54, 1.807) is 0 Å². The fourth-order valence-electron chi connectivity index (χ4n) is 5.05. The van der Waals surface area contributed by atoms with Gasteiger partial charge in [-0.15, -0.1) is 0 Å². The lowest BCUT2D eigenvalue weighted by Gasteiger charge is -2.37. The second-order valence-corrected chi connectivity index (χ2v) is 7.68. The Hall–Kier alpha value is -1.65. The molecule has 0 aromatic carbocycles. The number of allylic oxidation sites excluding steroid dienone is 2. The number of hydrogen-bond acceptors (Lipinski definition) is 3. The molecule has 118 valence electrons. The predicted octanol–water partition coefficient (Wildman–Crippen LogP) is 1.54. The van der Waals surface area contributed by atoms with Crippen LogP contribution in [0.5, 0.6) is 0 Å². The lowest BCUT2D eigenvalue weighted by Crippen LogP contribution is -2.46. The third-order valence-electron chi connectivity index (χ3n) is 5.99. The summed E-state index contributed by atoms with van der Waals surface area (Å²) in [4.78, 5) is 38.4. The zero-order valence-electron chi connectivity index (χ0n) is 12.8. The van der Waals surface area contributed by atoms with Crippen LogP contribution in [0.25, 0.3) is 0 Å². The first kappa shape index (κ1) is 14.0. The van der Waals surface area contributed by atoms with E-state index in [0.29, 0.717) is 18.3 Å². The maximum atomic E-state index is 12.8. The van der Waals surface area contributed by atoms with E-state index in [2.05, 4.69) is 12.2 Å². The van der Waals surface area contributed by atoms with Crippen LogP contribution in [-0.2, 0) is 14.4 Å². The smallest absolute Gasteiger partial charge is 0.326 e. The molecule has 7 atom stereocenters. The van der Waals surface area contributed by atoms with E-state index in [4.69, 9.17) is 0 Å². The van der Waals surface area contributed by atoms with Crippen LogP contribution in [0.2, 0.25) is 0 Å². The van der Waals surface area contributed by atoms with Gasteiger partial charge >= 0.3 is 5.97 Å². The standard InChI is InChI=1S/C17H21NO4/c1-7(2)5-12(17(21)22)18-15(19)13-8-3-4-9(11-6-10(8)11)14(13)16(18)20/h3-4,7-14H,5-6H2,1-2H3,(H,21,22)/t8-,9-,10-,11+,12+,13+,14+/m0/s1. The highest BCUT2D eigenvalue weighted by atomic mass is 16.4. The number of aliphatic carboxylic acids is 1. The summed E-state index contributed by atoms with van der Waals surface area (Å²) in [6.07, 6.45) is 5.64. The SMILES string of the molecule is CC(C)C[C@H](C(=O)O)N1C(=O)[C@@H]2[C@H]3C=C[C@@H]([C@@H]4C[C@H]34)[C@H]2C1=O. The van der Waals surface area contributed by atoms with Crippen molar-refractivity contribution >= 4 is 17.8 Å². The van der Waals surface area contributed by atoms with Gasteiger partial charge in [0, 0.05) is 0 Å². The molecule has 0 aromatic rings. The highest BCUT2D eigenvalue weighted by Gasteiger charge is 2.67. The van der Waals surface area contributed by atoms with Crippen LogP contribution in [0.15, 0.2) is 12.2 Å². The Balaban J connectivity index is 1.68. The zero-order chi connectivity index (χ0) is 15.8. The number of rotatable bonds is 4. The minimum absolute atomic E-state index is 0.118. The molecule has 1 saturated heterocycles. The first-order chi connectivity index (χ1) is 10.4. The molecule has 2 bridgehead atoms. The van der Waals surface area contributed by atoms with Crippen molar-refractivity contribution in [1.29, 1.82) is 0 Å². The lowest BCUT2D eigenvalue weighted by atomic mass is 9.63. The second-order valence-electron chi connectivity index (χ2n) is 7.68. The molecule has 0 unspecified atom stereocenters. The molecule has 1 aliphatic heterocycles. The highest BCUT2D eigenvalue weighted by molar-refractivity contribution is 6.08. The first-order valence-corrected chi connectivity index (χ1v) is 8.20. The molecule has 2 saturated carbocycles. The summed E-state index contributed by atoms with van der Waals surface area (Å²) in [5.41, 5.74) is 0. The molecular weight excluding hydrogens is 282 g/mol. The molecule has 1 N–H and O–H groups in total. The summed E-state index contributed by atoms with van der Waals surface area (Å²) < 4.78 is 0. The molecule has 2 amide bonds. The van der Waals surface area contributed by atoms with Gasteiger partial charge in [-0.25, -0.2) is 4.79 Å². The minimum Gasteiger partial charge on any atom is -0.480 e.